The molecule has 0 N–H and O–H groups in total. The Balaban J connectivity index is 1.69. The van der Waals surface area contributed by atoms with Crippen molar-refractivity contribution in [2.45, 2.75) is 50.7 Å². The molecule has 2 aliphatic rings. The SMILES string of the molecule is COc1cccc(C2C(=O)N(C3CCCCC3)CC(=O)N2Cc2ccco2)c1. The lowest BCUT2D eigenvalue weighted by Crippen LogP contribution is -2.58. The van der Waals surface area contributed by atoms with Gasteiger partial charge in [-0.2, -0.15) is 0 Å². The second-order valence-corrected chi connectivity index (χ2v) is 7.54. The zero-order valence-corrected chi connectivity index (χ0v) is 16.2. The Labute approximate surface area is 165 Å². The summed E-state index contributed by atoms with van der Waals surface area (Å²) in [6.07, 6.45) is 6.96. The van der Waals surface area contributed by atoms with Crippen LogP contribution >= 0.6 is 0 Å². The van der Waals surface area contributed by atoms with E-state index < -0.39 is 6.04 Å². The number of rotatable bonds is 5. The van der Waals surface area contributed by atoms with E-state index in [9.17, 15) is 9.59 Å². The minimum absolute atomic E-state index is 0.00805. The summed E-state index contributed by atoms with van der Waals surface area (Å²) < 4.78 is 10.8. The number of amides is 2. The lowest BCUT2D eigenvalue weighted by molar-refractivity contribution is -0.160. The fourth-order valence-corrected chi connectivity index (χ4v) is 4.33. The standard InChI is InChI=1S/C22H26N2O4/c1-27-18-10-5-7-16(13-18)21-22(26)23(17-8-3-2-4-9-17)15-20(25)24(21)14-19-11-6-12-28-19/h5-7,10-13,17,21H,2-4,8-9,14-15H2,1H3. The molecule has 2 aromatic rings. The Bertz CT molecular complexity index is 827. The molecule has 0 bridgehead atoms. The van der Waals surface area contributed by atoms with Crippen LogP contribution in [0.3, 0.4) is 0 Å². The number of nitrogens with zero attached hydrogens (tertiary/aromatic N) is 2. The van der Waals surface area contributed by atoms with E-state index in [0.29, 0.717) is 11.5 Å². The van der Waals surface area contributed by atoms with E-state index in [1.54, 1.807) is 24.3 Å². The molecule has 1 atom stereocenters. The summed E-state index contributed by atoms with van der Waals surface area (Å²) in [5.74, 6) is 1.28. The molecular formula is C22H26N2O4. The highest BCUT2D eigenvalue weighted by Crippen LogP contribution is 2.34. The van der Waals surface area contributed by atoms with Gasteiger partial charge >= 0.3 is 0 Å². The van der Waals surface area contributed by atoms with Gasteiger partial charge in [-0.05, 0) is 42.7 Å². The maximum atomic E-state index is 13.6. The number of furan rings is 1. The van der Waals surface area contributed by atoms with Gasteiger partial charge in [-0.15, -0.1) is 0 Å². The molecule has 6 heteroatoms. The molecular weight excluding hydrogens is 356 g/mol. The Hall–Kier alpha value is -2.76. The normalized spacial score (nSPS) is 21.2. The van der Waals surface area contributed by atoms with E-state index in [1.165, 1.54) is 6.42 Å². The highest BCUT2D eigenvalue weighted by atomic mass is 16.5. The lowest BCUT2D eigenvalue weighted by Gasteiger charge is -2.44. The lowest BCUT2D eigenvalue weighted by atomic mass is 9.91. The fourth-order valence-electron chi connectivity index (χ4n) is 4.33. The monoisotopic (exact) mass is 382 g/mol. The number of methoxy groups -OCH3 is 1. The topological polar surface area (TPSA) is 63.0 Å². The molecule has 6 nitrogen and oxygen atoms in total. The average molecular weight is 382 g/mol. The molecule has 28 heavy (non-hydrogen) atoms. The first-order chi connectivity index (χ1) is 13.7. The molecule has 2 heterocycles. The number of piperazine rings is 1. The Morgan fingerprint density at radius 3 is 2.64 bits per heavy atom. The van der Waals surface area contributed by atoms with Crippen molar-refractivity contribution >= 4 is 11.8 Å². The molecule has 1 aromatic carbocycles. The molecule has 1 saturated carbocycles. The molecule has 148 valence electrons. The van der Waals surface area contributed by atoms with Crippen LogP contribution in [0.15, 0.2) is 47.1 Å². The van der Waals surface area contributed by atoms with E-state index in [4.69, 9.17) is 9.15 Å². The number of hydrogen-bond donors (Lipinski definition) is 0. The van der Waals surface area contributed by atoms with Gasteiger partial charge in [-0.3, -0.25) is 9.59 Å². The zero-order chi connectivity index (χ0) is 19.5. The van der Waals surface area contributed by atoms with Crippen molar-refractivity contribution in [2.75, 3.05) is 13.7 Å². The van der Waals surface area contributed by atoms with Gasteiger partial charge in [0.2, 0.25) is 5.91 Å². The van der Waals surface area contributed by atoms with Crippen LogP contribution in [0.4, 0.5) is 0 Å². The first-order valence-electron chi connectivity index (χ1n) is 9.93. The van der Waals surface area contributed by atoms with Crippen LogP contribution < -0.4 is 4.74 Å². The van der Waals surface area contributed by atoms with Crippen LogP contribution in [0.2, 0.25) is 0 Å². The smallest absolute Gasteiger partial charge is 0.250 e. The molecule has 1 aromatic heterocycles. The second kappa shape index (κ2) is 8.09. The molecule has 0 radical (unpaired) electrons. The van der Waals surface area contributed by atoms with E-state index in [0.717, 1.165) is 31.2 Å². The minimum atomic E-state index is -0.664. The fraction of sp³-hybridized carbons (Fsp3) is 0.455. The van der Waals surface area contributed by atoms with Gasteiger partial charge in [-0.1, -0.05) is 31.4 Å². The van der Waals surface area contributed by atoms with Crippen molar-refractivity contribution in [3.8, 4) is 5.75 Å². The molecule has 2 fully saturated rings. The van der Waals surface area contributed by atoms with Crippen molar-refractivity contribution in [3.05, 3.63) is 54.0 Å². The molecule has 4 rings (SSSR count). The Kier molecular flexibility index (Phi) is 5.37. The summed E-state index contributed by atoms with van der Waals surface area (Å²) in [4.78, 5) is 30.1. The van der Waals surface area contributed by atoms with Crippen LogP contribution in [0.5, 0.6) is 5.75 Å². The van der Waals surface area contributed by atoms with Crippen molar-refractivity contribution in [3.63, 3.8) is 0 Å². The third-order valence-electron chi connectivity index (χ3n) is 5.79. The zero-order valence-electron chi connectivity index (χ0n) is 16.2. The Morgan fingerprint density at radius 2 is 1.93 bits per heavy atom. The third-order valence-corrected chi connectivity index (χ3v) is 5.79. The van der Waals surface area contributed by atoms with Crippen molar-refractivity contribution in [2.24, 2.45) is 0 Å². The van der Waals surface area contributed by atoms with Gasteiger partial charge in [0.15, 0.2) is 0 Å². The maximum absolute atomic E-state index is 13.6. The molecule has 1 saturated heterocycles. The van der Waals surface area contributed by atoms with Gasteiger partial charge in [0.1, 0.15) is 24.1 Å². The number of carbonyl (C=O) groups is 2. The highest BCUT2D eigenvalue weighted by molar-refractivity contribution is 5.95. The molecule has 2 amide bonds. The highest BCUT2D eigenvalue weighted by Gasteiger charge is 2.43. The summed E-state index contributed by atoms with van der Waals surface area (Å²) in [7, 11) is 1.60. The summed E-state index contributed by atoms with van der Waals surface area (Å²) >= 11 is 0. The quantitative estimate of drug-likeness (QED) is 0.794. The van der Waals surface area contributed by atoms with E-state index in [-0.39, 0.29) is 30.9 Å². The van der Waals surface area contributed by atoms with Crippen molar-refractivity contribution in [1.82, 2.24) is 9.80 Å². The van der Waals surface area contributed by atoms with Gasteiger partial charge in [0.05, 0.1) is 19.9 Å². The number of benzene rings is 1. The first kappa shape index (κ1) is 18.6. The van der Waals surface area contributed by atoms with Crippen LogP contribution in [0.25, 0.3) is 0 Å². The minimum Gasteiger partial charge on any atom is -0.497 e. The van der Waals surface area contributed by atoms with E-state index in [2.05, 4.69) is 0 Å². The number of hydrogen-bond acceptors (Lipinski definition) is 4. The summed E-state index contributed by atoms with van der Waals surface area (Å²) in [6.45, 7) is 0.419. The van der Waals surface area contributed by atoms with Crippen molar-refractivity contribution in [1.29, 1.82) is 0 Å². The second-order valence-electron chi connectivity index (χ2n) is 7.54. The summed E-state index contributed by atoms with van der Waals surface area (Å²) in [5.41, 5.74) is 0.768. The van der Waals surface area contributed by atoms with Gasteiger partial charge in [-0.25, -0.2) is 0 Å². The third kappa shape index (κ3) is 3.63. The van der Waals surface area contributed by atoms with E-state index in [1.807, 2.05) is 35.2 Å². The van der Waals surface area contributed by atoms with Gasteiger partial charge < -0.3 is 19.0 Å². The molecule has 1 aliphatic heterocycles. The first-order valence-corrected chi connectivity index (χ1v) is 9.93. The maximum Gasteiger partial charge on any atom is 0.250 e. The summed E-state index contributed by atoms with van der Waals surface area (Å²) in [6, 6.07) is 10.5. The number of ether oxygens (including phenoxy) is 1. The van der Waals surface area contributed by atoms with Crippen LogP contribution in [-0.2, 0) is 16.1 Å². The van der Waals surface area contributed by atoms with Gasteiger partial charge in [0, 0.05) is 6.04 Å². The van der Waals surface area contributed by atoms with Crippen molar-refractivity contribution < 1.29 is 18.7 Å². The molecule has 0 spiro atoms. The summed E-state index contributed by atoms with van der Waals surface area (Å²) in [5, 5.41) is 0. The van der Waals surface area contributed by atoms with Gasteiger partial charge in [0.25, 0.3) is 5.91 Å². The molecule has 1 unspecified atom stereocenters. The Morgan fingerprint density at radius 1 is 1.11 bits per heavy atom. The largest absolute Gasteiger partial charge is 0.497 e. The number of carbonyl (C=O) groups excluding carboxylic acids is 2. The van der Waals surface area contributed by atoms with Crippen LogP contribution in [-0.4, -0.2) is 41.3 Å². The van der Waals surface area contributed by atoms with E-state index >= 15 is 0 Å². The predicted octanol–water partition coefficient (Wildman–Crippen LogP) is 3.53. The predicted molar refractivity (Wildman–Crippen MR) is 104 cm³/mol. The van der Waals surface area contributed by atoms with Crippen LogP contribution in [0.1, 0.15) is 49.5 Å². The molecule has 1 aliphatic carbocycles. The average Bonchev–Trinajstić information content (AvgIpc) is 3.24. The van der Waals surface area contributed by atoms with Crippen LogP contribution in [0, 0.1) is 0 Å².